The zero-order chi connectivity index (χ0) is 27.9. The molecule has 5 aromatic rings. The lowest BCUT2D eigenvalue weighted by molar-refractivity contribution is 0.286. The molecule has 4 aromatic carbocycles. The van der Waals surface area contributed by atoms with E-state index in [0.29, 0.717) is 0 Å². The van der Waals surface area contributed by atoms with Gasteiger partial charge in [0.2, 0.25) is 0 Å². The van der Waals surface area contributed by atoms with E-state index in [2.05, 4.69) is 135 Å². The smallest absolute Gasteiger partial charge is 0.161 e. The standard InChI is InChI=1S/C36H30N6/c1-23-20-27-26-15-7-9-17-29(26)42-34-32(21-37-22-38-34)39(2)35(42)33(27)36-40(24-12-4-3-5-13-24)30-18-10-11-19-31(30)41(36)28-16-8-6-14-25(23)28/h3-19,21-22,27,33,35-36H,1,20H2,2H3. The largest absolute Gasteiger partial charge is 0.349 e. The third kappa shape index (κ3) is 3.04. The second-order valence-electron chi connectivity index (χ2n) is 11.7. The summed E-state index contributed by atoms with van der Waals surface area (Å²) in [6.45, 7) is 4.72. The van der Waals surface area contributed by atoms with E-state index in [1.54, 1.807) is 6.33 Å². The monoisotopic (exact) mass is 546 g/mol. The molecule has 4 unspecified atom stereocenters. The van der Waals surface area contributed by atoms with Crippen LogP contribution in [0.3, 0.4) is 0 Å². The van der Waals surface area contributed by atoms with Gasteiger partial charge in [-0.15, -0.1) is 0 Å². The van der Waals surface area contributed by atoms with Crippen molar-refractivity contribution >= 4 is 45.5 Å². The van der Waals surface area contributed by atoms with Crippen molar-refractivity contribution in [2.75, 3.05) is 26.6 Å². The van der Waals surface area contributed by atoms with Gasteiger partial charge in [0.15, 0.2) is 5.82 Å². The Bertz CT molecular complexity index is 1870. The zero-order valence-corrected chi connectivity index (χ0v) is 23.4. The first kappa shape index (κ1) is 23.6. The third-order valence-electron chi connectivity index (χ3n) is 9.67. The maximum absolute atomic E-state index is 4.85. The molecule has 0 spiro atoms. The number of anilines is 7. The Kier molecular flexibility index (Phi) is 4.89. The van der Waals surface area contributed by atoms with Crippen molar-refractivity contribution in [3.63, 3.8) is 0 Å². The molecule has 0 radical (unpaired) electrons. The van der Waals surface area contributed by atoms with Crippen LogP contribution in [0.2, 0.25) is 0 Å². The molecule has 6 nitrogen and oxygen atoms in total. The Balaban J connectivity index is 1.38. The lowest BCUT2D eigenvalue weighted by atomic mass is 9.72. The summed E-state index contributed by atoms with van der Waals surface area (Å²) in [5, 5.41) is 0. The van der Waals surface area contributed by atoms with Crippen molar-refractivity contribution < 1.29 is 0 Å². The Morgan fingerprint density at radius 1 is 0.667 bits per heavy atom. The highest BCUT2D eigenvalue weighted by molar-refractivity contribution is 5.93. The molecule has 0 bridgehead atoms. The Hall–Kier alpha value is -5.10. The second-order valence-corrected chi connectivity index (χ2v) is 11.7. The van der Waals surface area contributed by atoms with Crippen LogP contribution in [0.15, 0.2) is 122 Å². The SMILES string of the molecule is C=C1CC2c3ccccc3N3c4ncncc4N(C)C3C2C2N(c3ccccc3)c3ccccc3N2c2ccccc21. The first-order valence-corrected chi connectivity index (χ1v) is 14.6. The van der Waals surface area contributed by atoms with Gasteiger partial charge >= 0.3 is 0 Å². The lowest BCUT2D eigenvalue weighted by Crippen LogP contribution is -2.60. The summed E-state index contributed by atoms with van der Waals surface area (Å²) in [4.78, 5) is 19.3. The average Bonchev–Trinajstić information content (AvgIpc) is 3.53. The fourth-order valence-corrected chi connectivity index (χ4v) is 8.05. The van der Waals surface area contributed by atoms with E-state index in [-0.39, 0.29) is 24.2 Å². The van der Waals surface area contributed by atoms with Crippen LogP contribution in [0.4, 0.5) is 39.9 Å². The van der Waals surface area contributed by atoms with Crippen molar-refractivity contribution in [3.8, 4) is 0 Å². The first-order chi connectivity index (χ1) is 20.7. The fraction of sp³-hybridized carbons (Fsp3) is 0.167. The Morgan fingerprint density at radius 2 is 1.33 bits per heavy atom. The molecule has 4 atom stereocenters. The van der Waals surface area contributed by atoms with Crippen molar-refractivity contribution in [3.05, 3.63) is 133 Å². The summed E-state index contributed by atoms with van der Waals surface area (Å²) in [6, 6.07) is 37.5. The molecule has 204 valence electrons. The van der Waals surface area contributed by atoms with Gasteiger partial charge < -0.3 is 19.6 Å². The number of allylic oxidation sites excluding steroid dienone is 1. The highest BCUT2D eigenvalue weighted by Gasteiger charge is 2.57. The number of para-hydroxylation sites is 5. The van der Waals surface area contributed by atoms with E-state index in [0.717, 1.165) is 17.9 Å². The predicted octanol–water partition coefficient (Wildman–Crippen LogP) is 7.84. The van der Waals surface area contributed by atoms with Gasteiger partial charge in [-0.1, -0.05) is 73.3 Å². The zero-order valence-electron chi connectivity index (χ0n) is 23.4. The fourth-order valence-electron chi connectivity index (χ4n) is 8.05. The van der Waals surface area contributed by atoms with Crippen LogP contribution in [0.25, 0.3) is 5.57 Å². The third-order valence-corrected chi connectivity index (χ3v) is 9.67. The molecule has 4 aliphatic heterocycles. The van der Waals surface area contributed by atoms with Crippen LogP contribution < -0.4 is 19.6 Å². The van der Waals surface area contributed by atoms with Crippen LogP contribution in [-0.4, -0.2) is 29.3 Å². The van der Waals surface area contributed by atoms with Gasteiger partial charge in [0.1, 0.15) is 24.3 Å². The lowest BCUT2D eigenvalue weighted by Gasteiger charge is -2.53. The molecule has 0 saturated carbocycles. The van der Waals surface area contributed by atoms with Crippen molar-refractivity contribution in [2.24, 2.45) is 5.92 Å². The number of benzene rings is 4. The predicted molar refractivity (Wildman–Crippen MR) is 170 cm³/mol. The molecule has 6 heteroatoms. The number of hydrogen-bond donors (Lipinski definition) is 0. The van der Waals surface area contributed by atoms with Crippen LogP contribution in [0.1, 0.15) is 23.5 Å². The Labute approximate surface area is 245 Å². The minimum absolute atomic E-state index is 0.00497. The summed E-state index contributed by atoms with van der Waals surface area (Å²) in [5.74, 6) is 1.34. The molecule has 42 heavy (non-hydrogen) atoms. The van der Waals surface area contributed by atoms with E-state index in [4.69, 9.17) is 11.6 Å². The van der Waals surface area contributed by atoms with Gasteiger partial charge in [-0.25, -0.2) is 9.97 Å². The van der Waals surface area contributed by atoms with Crippen LogP contribution in [-0.2, 0) is 0 Å². The van der Waals surface area contributed by atoms with Crippen LogP contribution in [0.5, 0.6) is 0 Å². The normalized spacial score (nSPS) is 23.1. The molecule has 5 heterocycles. The van der Waals surface area contributed by atoms with Crippen molar-refractivity contribution in [2.45, 2.75) is 24.7 Å². The minimum Gasteiger partial charge on any atom is -0.349 e. The average molecular weight is 547 g/mol. The van der Waals surface area contributed by atoms with Gasteiger partial charge in [-0.05, 0) is 54.0 Å². The highest BCUT2D eigenvalue weighted by atomic mass is 15.5. The molecule has 1 aromatic heterocycles. The Morgan fingerprint density at radius 3 is 2.14 bits per heavy atom. The van der Waals surface area contributed by atoms with Crippen LogP contribution in [0, 0.1) is 5.92 Å². The number of rotatable bonds is 1. The molecule has 0 amide bonds. The van der Waals surface area contributed by atoms with E-state index in [1.807, 2.05) is 6.20 Å². The molecular weight excluding hydrogens is 516 g/mol. The topological polar surface area (TPSA) is 38.7 Å². The minimum atomic E-state index is -0.00497. The van der Waals surface area contributed by atoms with Gasteiger partial charge in [-0.3, -0.25) is 0 Å². The van der Waals surface area contributed by atoms with Gasteiger partial charge in [0.25, 0.3) is 0 Å². The van der Waals surface area contributed by atoms with Gasteiger partial charge in [0.05, 0.1) is 23.3 Å². The van der Waals surface area contributed by atoms with E-state index >= 15 is 0 Å². The summed E-state index contributed by atoms with van der Waals surface area (Å²) in [7, 11) is 2.21. The molecular formula is C36H30N6. The summed E-state index contributed by atoms with van der Waals surface area (Å²) >= 11 is 0. The second kappa shape index (κ2) is 8.70. The highest BCUT2D eigenvalue weighted by Crippen LogP contribution is 2.61. The van der Waals surface area contributed by atoms with Gasteiger partial charge in [-0.2, -0.15) is 0 Å². The molecule has 0 N–H and O–H groups in total. The maximum atomic E-state index is 4.85. The maximum Gasteiger partial charge on any atom is 0.161 e. The van der Waals surface area contributed by atoms with Crippen molar-refractivity contribution in [1.82, 2.24) is 9.97 Å². The molecule has 9 rings (SSSR count). The van der Waals surface area contributed by atoms with E-state index in [1.165, 1.54) is 45.1 Å². The number of fused-ring (bicyclic) bond motifs is 14. The number of aromatic nitrogens is 2. The van der Waals surface area contributed by atoms with Crippen molar-refractivity contribution in [1.29, 1.82) is 0 Å². The molecule has 0 aliphatic carbocycles. The summed E-state index contributed by atoms with van der Waals surface area (Å²) < 4.78 is 0. The van der Waals surface area contributed by atoms with Gasteiger partial charge in [0, 0.05) is 35.8 Å². The number of nitrogens with zero attached hydrogens (tertiary/aromatic N) is 6. The van der Waals surface area contributed by atoms with E-state index < -0.39 is 0 Å². The molecule has 0 fully saturated rings. The molecule has 0 saturated heterocycles. The number of hydrogen-bond acceptors (Lipinski definition) is 6. The van der Waals surface area contributed by atoms with Crippen LogP contribution >= 0.6 is 0 Å². The first-order valence-electron chi connectivity index (χ1n) is 14.6. The quantitative estimate of drug-likeness (QED) is 0.213. The van der Waals surface area contributed by atoms with E-state index in [9.17, 15) is 0 Å². The molecule has 4 aliphatic rings. The summed E-state index contributed by atoms with van der Waals surface area (Å²) in [6.07, 6.45) is 4.54. The summed E-state index contributed by atoms with van der Waals surface area (Å²) in [5.41, 5.74) is 10.9.